The number of fused-ring (bicyclic) bond motifs is 2. The normalized spacial score (nSPS) is 28.6. The van der Waals surface area contributed by atoms with Gasteiger partial charge in [0.05, 0.1) is 37.5 Å². The maximum absolute atomic E-state index is 5.96. The molecule has 6 nitrogen and oxygen atoms in total. The van der Waals surface area contributed by atoms with Gasteiger partial charge in [-0.3, -0.25) is 9.89 Å². The van der Waals surface area contributed by atoms with E-state index in [1.165, 1.54) is 24.0 Å². The first kappa shape index (κ1) is 21.8. The Kier molecular flexibility index (Phi) is 7.96. The summed E-state index contributed by atoms with van der Waals surface area (Å²) in [5.41, 5.74) is 2.63. The van der Waals surface area contributed by atoms with Crippen LogP contribution in [-0.2, 0) is 9.47 Å². The van der Waals surface area contributed by atoms with E-state index in [-0.39, 0.29) is 24.0 Å². The van der Waals surface area contributed by atoms with Gasteiger partial charge in [-0.05, 0) is 31.7 Å². The van der Waals surface area contributed by atoms with Crippen LogP contribution in [0.15, 0.2) is 29.3 Å². The fourth-order valence-corrected chi connectivity index (χ4v) is 4.49. The lowest BCUT2D eigenvalue weighted by atomic mass is 9.96. The van der Waals surface area contributed by atoms with Crippen LogP contribution in [0.5, 0.6) is 0 Å². The van der Waals surface area contributed by atoms with Crippen molar-refractivity contribution in [1.29, 1.82) is 0 Å². The molecule has 1 aromatic rings. The molecular formula is C21H33IN4O2. The summed E-state index contributed by atoms with van der Waals surface area (Å²) in [6, 6.07) is 9.58. The second-order valence-electron chi connectivity index (χ2n) is 7.89. The molecule has 0 saturated carbocycles. The highest BCUT2D eigenvalue weighted by Crippen LogP contribution is 2.34. The number of ether oxygens (including phenoxy) is 2. The van der Waals surface area contributed by atoms with E-state index >= 15 is 0 Å². The third-order valence-electron chi connectivity index (χ3n) is 6.06. The van der Waals surface area contributed by atoms with Crippen LogP contribution < -0.4 is 10.6 Å². The summed E-state index contributed by atoms with van der Waals surface area (Å²) in [5, 5.41) is 7.15. The van der Waals surface area contributed by atoms with E-state index in [1.807, 2.05) is 7.05 Å². The first-order valence-electron chi connectivity index (χ1n) is 10.2. The average molecular weight is 500 g/mol. The molecule has 2 bridgehead atoms. The number of hydrogen-bond acceptors (Lipinski definition) is 4. The Bertz CT molecular complexity index is 648. The van der Waals surface area contributed by atoms with Crippen molar-refractivity contribution in [3.05, 3.63) is 35.4 Å². The standard InChI is InChI=1S/C21H32N4O2.HI/c1-15-3-5-16(6-4-15)19(25-9-11-26-12-10-25)14-23-21(22-2)24-18-13-17-7-8-20(18)27-17;/h3-6,17-20H,7-14H2,1-2H3,(H2,22,23,24);1H. The molecule has 4 unspecified atom stereocenters. The number of aliphatic imine (C=N–C) groups is 1. The molecule has 3 aliphatic rings. The van der Waals surface area contributed by atoms with E-state index in [9.17, 15) is 0 Å². The molecule has 0 radical (unpaired) electrons. The molecule has 3 heterocycles. The van der Waals surface area contributed by atoms with Crippen LogP contribution in [0.1, 0.15) is 36.4 Å². The summed E-state index contributed by atoms with van der Waals surface area (Å²) in [6.45, 7) is 6.49. The Morgan fingerprint density at radius 2 is 1.96 bits per heavy atom. The number of halogens is 1. The Hall–Kier alpha value is -0.900. The fourth-order valence-electron chi connectivity index (χ4n) is 4.49. The molecule has 3 saturated heterocycles. The van der Waals surface area contributed by atoms with Crippen LogP contribution >= 0.6 is 24.0 Å². The zero-order valence-corrected chi connectivity index (χ0v) is 19.2. The highest BCUT2D eigenvalue weighted by atomic mass is 127. The molecule has 0 amide bonds. The Morgan fingerprint density at radius 1 is 1.21 bits per heavy atom. The van der Waals surface area contributed by atoms with E-state index in [4.69, 9.17) is 9.47 Å². The highest BCUT2D eigenvalue weighted by Gasteiger charge is 2.41. The lowest BCUT2D eigenvalue weighted by Crippen LogP contribution is -2.50. The number of benzene rings is 1. The van der Waals surface area contributed by atoms with E-state index in [2.05, 4.69) is 51.7 Å². The molecular weight excluding hydrogens is 467 g/mol. The molecule has 3 aliphatic heterocycles. The molecule has 28 heavy (non-hydrogen) atoms. The van der Waals surface area contributed by atoms with Crippen LogP contribution in [0, 0.1) is 6.92 Å². The van der Waals surface area contributed by atoms with Crippen LogP contribution in [-0.4, -0.2) is 69.0 Å². The Labute approximate surface area is 185 Å². The maximum Gasteiger partial charge on any atom is 0.191 e. The first-order valence-corrected chi connectivity index (χ1v) is 10.2. The van der Waals surface area contributed by atoms with Gasteiger partial charge in [-0.2, -0.15) is 0 Å². The van der Waals surface area contributed by atoms with Crippen LogP contribution in [0.2, 0.25) is 0 Å². The molecule has 7 heteroatoms. The van der Waals surface area contributed by atoms with E-state index < -0.39 is 0 Å². The van der Waals surface area contributed by atoms with Gasteiger partial charge in [0.15, 0.2) is 5.96 Å². The molecule has 0 aromatic heterocycles. The summed E-state index contributed by atoms with van der Waals surface area (Å²) in [4.78, 5) is 6.96. The minimum absolute atomic E-state index is 0. The minimum atomic E-state index is 0. The topological polar surface area (TPSA) is 58.1 Å². The van der Waals surface area contributed by atoms with Gasteiger partial charge in [-0.1, -0.05) is 29.8 Å². The lowest BCUT2D eigenvalue weighted by molar-refractivity contribution is 0.0170. The monoisotopic (exact) mass is 500 g/mol. The number of hydrogen-bond donors (Lipinski definition) is 2. The number of guanidine groups is 1. The zero-order valence-electron chi connectivity index (χ0n) is 16.9. The molecule has 2 N–H and O–H groups in total. The predicted octanol–water partition coefficient (Wildman–Crippen LogP) is 2.47. The number of morpholine rings is 1. The summed E-state index contributed by atoms with van der Waals surface area (Å²) in [7, 11) is 1.85. The largest absolute Gasteiger partial charge is 0.379 e. The third-order valence-corrected chi connectivity index (χ3v) is 6.06. The van der Waals surface area contributed by atoms with Gasteiger partial charge in [0.1, 0.15) is 0 Å². The van der Waals surface area contributed by atoms with Crippen molar-refractivity contribution in [2.75, 3.05) is 39.9 Å². The number of nitrogens with zero attached hydrogens (tertiary/aromatic N) is 2. The van der Waals surface area contributed by atoms with Gasteiger partial charge in [-0.15, -0.1) is 24.0 Å². The third kappa shape index (κ3) is 5.17. The maximum atomic E-state index is 5.96. The molecule has 0 aliphatic carbocycles. The second kappa shape index (κ2) is 10.2. The van der Waals surface area contributed by atoms with Crippen molar-refractivity contribution in [1.82, 2.24) is 15.5 Å². The predicted molar refractivity (Wildman–Crippen MR) is 123 cm³/mol. The van der Waals surface area contributed by atoms with Gasteiger partial charge in [0.2, 0.25) is 0 Å². The van der Waals surface area contributed by atoms with Crippen molar-refractivity contribution in [2.24, 2.45) is 4.99 Å². The number of rotatable bonds is 5. The lowest BCUT2D eigenvalue weighted by Gasteiger charge is -2.35. The SMILES string of the molecule is CN=C(NCC(c1ccc(C)cc1)N1CCOCC1)NC1CC2CCC1O2.I. The summed E-state index contributed by atoms with van der Waals surface area (Å²) < 4.78 is 11.5. The van der Waals surface area contributed by atoms with Crippen LogP contribution in [0.4, 0.5) is 0 Å². The van der Waals surface area contributed by atoms with Gasteiger partial charge in [0.25, 0.3) is 0 Å². The molecule has 3 fully saturated rings. The van der Waals surface area contributed by atoms with Gasteiger partial charge in [-0.25, -0.2) is 0 Å². The number of aryl methyl sites for hydroxylation is 1. The minimum Gasteiger partial charge on any atom is -0.379 e. The van der Waals surface area contributed by atoms with Crippen molar-refractivity contribution >= 4 is 29.9 Å². The smallest absolute Gasteiger partial charge is 0.191 e. The summed E-state index contributed by atoms with van der Waals surface area (Å²) >= 11 is 0. The van der Waals surface area contributed by atoms with Gasteiger partial charge in [0, 0.05) is 26.7 Å². The van der Waals surface area contributed by atoms with Gasteiger partial charge >= 0.3 is 0 Å². The van der Waals surface area contributed by atoms with Crippen LogP contribution in [0.3, 0.4) is 0 Å². The number of nitrogens with one attached hydrogen (secondary N) is 2. The van der Waals surface area contributed by atoms with Crippen molar-refractivity contribution in [3.63, 3.8) is 0 Å². The second-order valence-corrected chi connectivity index (χ2v) is 7.89. The highest BCUT2D eigenvalue weighted by molar-refractivity contribution is 14.0. The molecule has 0 spiro atoms. The van der Waals surface area contributed by atoms with Crippen molar-refractivity contribution < 1.29 is 9.47 Å². The molecule has 4 atom stereocenters. The van der Waals surface area contributed by atoms with Gasteiger partial charge < -0.3 is 20.1 Å². The van der Waals surface area contributed by atoms with Crippen LogP contribution in [0.25, 0.3) is 0 Å². The fraction of sp³-hybridized carbons (Fsp3) is 0.667. The Balaban J connectivity index is 0.00000225. The van der Waals surface area contributed by atoms with Crippen molar-refractivity contribution in [2.45, 2.75) is 50.5 Å². The van der Waals surface area contributed by atoms with E-state index in [1.54, 1.807) is 0 Å². The average Bonchev–Trinajstić information content (AvgIpc) is 3.32. The Morgan fingerprint density at radius 3 is 2.57 bits per heavy atom. The molecule has 1 aromatic carbocycles. The van der Waals surface area contributed by atoms with E-state index in [0.717, 1.165) is 45.2 Å². The first-order chi connectivity index (χ1) is 13.2. The summed E-state index contributed by atoms with van der Waals surface area (Å²) in [6.07, 6.45) is 4.26. The quantitative estimate of drug-likeness (QED) is 0.370. The molecule has 4 rings (SSSR count). The van der Waals surface area contributed by atoms with E-state index in [0.29, 0.717) is 24.3 Å². The summed E-state index contributed by atoms with van der Waals surface area (Å²) in [5.74, 6) is 0.876. The molecule has 156 valence electrons. The van der Waals surface area contributed by atoms with Crippen molar-refractivity contribution in [3.8, 4) is 0 Å². The zero-order chi connectivity index (χ0) is 18.6.